The van der Waals surface area contributed by atoms with Crippen molar-refractivity contribution in [1.82, 2.24) is 4.31 Å². The number of hydrogen-bond acceptors (Lipinski definition) is 3. The van der Waals surface area contributed by atoms with Crippen LogP contribution in [0.5, 0.6) is 5.75 Å². The summed E-state index contributed by atoms with van der Waals surface area (Å²) in [6.45, 7) is 0.742. The van der Waals surface area contributed by atoms with Gasteiger partial charge in [-0.15, -0.1) is 11.6 Å². The highest BCUT2D eigenvalue weighted by molar-refractivity contribution is 7.90. The van der Waals surface area contributed by atoms with Gasteiger partial charge in [-0.3, -0.25) is 0 Å². The van der Waals surface area contributed by atoms with Crippen molar-refractivity contribution >= 4 is 21.6 Å². The van der Waals surface area contributed by atoms with Gasteiger partial charge >= 0.3 is 0 Å². The fourth-order valence-electron chi connectivity index (χ4n) is 1.82. The lowest BCUT2D eigenvalue weighted by atomic mass is 10.0. The first-order chi connectivity index (χ1) is 7.53. The van der Waals surface area contributed by atoms with E-state index in [-0.39, 0.29) is 5.75 Å². The van der Waals surface area contributed by atoms with Gasteiger partial charge in [0.15, 0.2) is 0 Å². The van der Waals surface area contributed by atoms with Crippen LogP contribution in [0.25, 0.3) is 0 Å². The van der Waals surface area contributed by atoms with E-state index >= 15 is 0 Å². The van der Waals surface area contributed by atoms with Crippen molar-refractivity contribution < 1.29 is 13.5 Å². The Morgan fingerprint density at radius 1 is 1.38 bits per heavy atom. The minimum atomic E-state index is -3.36. The zero-order valence-corrected chi connectivity index (χ0v) is 10.1. The van der Waals surface area contributed by atoms with Gasteiger partial charge in [0, 0.05) is 13.1 Å². The highest BCUT2D eigenvalue weighted by Crippen LogP contribution is 2.24. The van der Waals surface area contributed by atoms with Crippen molar-refractivity contribution in [1.29, 1.82) is 0 Å². The molecule has 0 amide bonds. The van der Waals surface area contributed by atoms with Crippen molar-refractivity contribution in [3.8, 4) is 5.75 Å². The molecule has 1 aromatic carbocycles. The van der Waals surface area contributed by atoms with Crippen LogP contribution in [-0.2, 0) is 23.0 Å². The Balaban J connectivity index is 2.30. The fraction of sp³-hybridized carbons (Fsp3) is 0.400. The summed E-state index contributed by atoms with van der Waals surface area (Å²) in [5.41, 5.74) is 1.93. The van der Waals surface area contributed by atoms with Gasteiger partial charge in [0.2, 0.25) is 10.0 Å². The van der Waals surface area contributed by atoms with Gasteiger partial charge < -0.3 is 5.11 Å². The van der Waals surface area contributed by atoms with Crippen molar-refractivity contribution in [3.05, 3.63) is 29.3 Å². The third-order valence-electron chi connectivity index (χ3n) is 2.70. The van der Waals surface area contributed by atoms with Crippen LogP contribution in [0.4, 0.5) is 0 Å². The lowest BCUT2D eigenvalue weighted by molar-refractivity contribution is 0.391. The molecular formula is C10H12ClNO3S. The van der Waals surface area contributed by atoms with E-state index in [1.54, 1.807) is 12.1 Å². The molecular weight excluding hydrogens is 250 g/mol. The summed E-state index contributed by atoms with van der Waals surface area (Å²) in [5.74, 6) is 0.156. The van der Waals surface area contributed by atoms with E-state index < -0.39 is 15.2 Å². The van der Waals surface area contributed by atoms with Crippen molar-refractivity contribution in [2.75, 3.05) is 11.8 Å². The van der Waals surface area contributed by atoms with Crippen LogP contribution in [0.2, 0.25) is 0 Å². The molecule has 1 aliphatic rings. The van der Waals surface area contributed by atoms with Crippen LogP contribution < -0.4 is 0 Å². The van der Waals surface area contributed by atoms with Crippen LogP contribution in [-0.4, -0.2) is 29.6 Å². The van der Waals surface area contributed by atoms with E-state index in [0.717, 1.165) is 11.1 Å². The molecule has 1 heterocycles. The van der Waals surface area contributed by atoms with E-state index in [1.807, 2.05) is 6.07 Å². The number of fused-ring (bicyclic) bond motifs is 1. The topological polar surface area (TPSA) is 57.6 Å². The maximum atomic E-state index is 11.6. The second-order valence-electron chi connectivity index (χ2n) is 3.76. The van der Waals surface area contributed by atoms with E-state index in [4.69, 9.17) is 11.6 Å². The van der Waals surface area contributed by atoms with Crippen LogP contribution in [0, 0.1) is 0 Å². The molecule has 0 unspecified atom stereocenters. The predicted molar refractivity (Wildman–Crippen MR) is 61.9 cm³/mol. The number of hydrogen-bond donors (Lipinski definition) is 1. The van der Waals surface area contributed by atoms with Gasteiger partial charge in [-0.25, -0.2) is 8.42 Å². The Kier molecular flexibility index (Phi) is 3.10. The van der Waals surface area contributed by atoms with Gasteiger partial charge in [0.1, 0.15) is 11.0 Å². The minimum absolute atomic E-state index is 0.156. The number of phenols is 1. The maximum absolute atomic E-state index is 11.6. The monoisotopic (exact) mass is 261 g/mol. The molecule has 0 bridgehead atoms. The van der Waals surface area contributed by atoms with Gasteiger partial charge in [-0.05, 0) is 29.7 Å². The Labute approximate surface area is 99.5 Å². The van der Waals surface area contributed by atoms with E-state index in [1.165, 1.54) is 4.31 Å². The largest absolute Gasteiger partial charge is 0.508 e. The summed E-state index contributed by atoms with van der Waals surface area (Å²) in [6, 6.07) is 5.05. The number of rotatable bonds is 2. The molecule has 0 saturated carbocycles. The first kappa shape index (κ1) is 11.7. The standard InChI is InChI=1S/C10H12ClNO3S/c11-7-16(14,15)12-4-3-8-1-2-10(13)5-9(8)6-12/h1-2,5,13H,3-4,6-7H2. The van der Waals surface area contributed by atoms with Gasteiger partial charge in [-0.1, -0.05) is 6.07 Å². The number of alkyl halides is 1. The molecule has 0 radical (unpaired) electrons. The second-order valence-corrected chi connectivity index (χ2v) is 6.31. The molecule has 1 aromatic rings. The van der Waals surface area contributed by atoms with E-state index in [0.29, 0.717) is 19.5 Å². The molecule has 0 spiro atoms. The normalized spacial score (nSPS) is 17.1. The highest BCUT2D eigenvalue weighted by Gasteiger charge is 2.25. The summed E-state index contributed by atoms with van der Waals surface area (Å²) in [4.78, 5) is 0. The average Bonchev–Trinajstić information content (AvgIpc) is 2.28. The molecule has 0 aliphatic carbocycles. The van der Waals surface area contributed by atoms with Gasteiger partial charge in [-0.2, -0.15) is 4.31 Å². The summed E-state index contributed by atoms with van der Waals surface area (Å²) >= 11 is 5.41. The molecule has 1 aliphatic heterocycles. The SMILES string of the molecule is O=S(=O)(CCl)N1CCc2ccc(O)cc2C1. The summed E-state index contributed by atoms with van der Waals surface area (Å²) < 4.78 is 24.5. The number of nitrogens with zero attached hydrogens (tertiary/aromatic N) is 1. The third kappa shape index (κ3) is 2.16. The molecule has 2 rings (SSSR count). The van der Waals surface area contributed by atoms with Crippen molar-refractivity contribution in [3.63, 3.8) is 0 Å². The van der Waals surface area contributed by atoms with Crippen LogP contribution in [0.1, 0.15) is 11.1 Å². The summed E-state index contributed by atoms with van der Waals surface area (Å²) in [7, 11) is -3.36. The molecule has 0 saturated heterocycles. The first-order valence-corrected chi connectivity index (χ1v) is 7.02. The molecule has 4 nitrogen and oxygen atoms in total. The lowest BCUT2D eigenvalue weighted by Gasteiger charge is -2.27. The third-order valence-corrected chi connectivity index (χ3v) is 4.90. The fourth-order valence-corrected chi connectivity index (χ4v) is 3.08. The number of benzene rings is 1. The van der Waals surface area contributed by atoms with E-state index in [9.17, 15) is 13.5 Å². The van der Waals surface area contributed by atoms with Gasteiger partial charge in [0.25, 0.3) is 0 Å². The molecule has 88 valence electrons. The molecule has 0 aromatic heterocycles. The average molecular weight is 262 g/mol. The van der Waals surface area contributed by atoms with Crippen LogP contribution >= 0.6 is 11.6 Å². The predicted octanol–water partition coefficient (Wildman–Crippen LogP) is 1.28. The Hall–Kier alpha value is -0.780. The highest BCUT2D eigenvalue weighted by atomic mass is 35.5. The van der Waals surface area contributed by atoms with Crippen molar-refractivity contribution in [2.24, 2.45) is 0 Å². The van der Waals surface area contributed by atoms with E-state index in [2.05, 4.69) is 0 Å². The Morgan fingerprint density at radius 3 is 2.81 bits per heavy atom. The van der Waals surface area contributed by atoms with Crippen LogP contribution in [0.3, 0.4) is 0 Å². The zero-order chi connectivity index (χ0) is 11.8. The number of halogens is 1. The van der Waals surface area contributed by atoms with Crippen molar-refractivity contribution in [2.45, 2.75) is 13.0 Å². The zero-order valence-electron chi connectivity index (χ0n) is 8.56. The number of sulfonamides is 1. The molecule has 16 heavy (non-hydrogen) atoms. The molecule has 1 N–H and O–H groups in total. The molecule has 0 atom stereocenters. The number of aromatic hydroxyl groups is 1. The summed E-state index contributed by atoms with van der Waals surface area (Å²) in [5, 5.41) is 8.94. The molecule has 6 heteroatoms. The number of phenolic OH excluding ortho intramolecular Hbond substituents is 1. The lowest BCUT2D eigenvalue weighted by Crippen LogP contribution is -2.36. The smallest absolute Gasteiger partial charge is 0.228 e. The minimum Gasteiger partial charge on any atom is -0.508 e. The first-order valence-electron chi connectivity index (χ1n) is 4.87. The quantitative estimate of drug-likeness (QED) is 0.816. The second kappa shape index (κ2) is 4.24. The summed E-state index contributed by atoms with van der Waals surface area (Å²) in [6.07, 6.45) is 0.658. The molecule has 0 fully saturated rings. The maximum Gasteiger partial charge on any atom is 0.228 e. The van der Waals surface area contributed by atoms with Crippen LogP contribution in [0.15, 0.2) is 18.2 Å². The van der Waals surface area contributed by atoms with Gasteiger partial charge in [0.05, 0.1) is 0 Å². The Morgan fingerprint density at radius 2 is 2.12 bits per heavy atom. The Bertz CT molecular complexity index is 501.